The molecule has 0 spiro atoms. The predicted octanol–water partition coefficient (Wildman–Crippen LogP) is 0.711. The van der Waals surface area contributed by atoms with E-state index in [0.717, 1.165) is 5.56 Å². The maximum atomic E-state index is 12.0. The first kappa shape index (κ1) is 16.0. The number of nitrogens with two attached hydrogens (primary N) is 2. The van der Waals surface area contributed by atoms with E-state index in [1.807, 2.05) is 20.8 Å². The van der Waals surface area contributed by atoms with E-state index < -0.39 is 5.91 Å². The lowest BCUT2D eigenvalue weighted by Crippen LogP contribution is -2.43. The van der Waals surface area contributed by atoms with Crippen LogP contribution in [0.3, 0.4) is 0 Å². The van der Waals surface area contributed by atoms with Crippen molar-refractivity contribution in [1.82, 2.24) is 4.90 Å². The summed E-state index contributed by atoms with van der Waals surface area (Å²) >= 11 is 0. The van der Waals surface area contributed by atoms with Gasteiger partial charge in [0.1, 0.15) is 0 Å². The summed E-state index contributed by atoms with van der Waals surface area (Å²) in [6.45, 7) is 5.86. The molecule has 0 aliphatic heterocycles. The Kier molecular flexibility index (Phi) is 5.52. The van der Waals surface area contributed by atoms with Crippen molar-refractivity contribution in [2.24, 2.45) is 5.73 Å². The Morgan fingerprint density at radius 2 is 1.95 bits per heavy atom. The number of hydrogen-bond acceptors (Lipinski definition) is 4. The van der Waals surface area contributed by atoms with Gasteiger partial charge in [0.15, 0.2) is 0 Å². The summed E-state index contributed by atoms with van der Waals surface area (Å²) in [6.07, 6.45) is 0. The van der Waals surface area contributed by atoms with Crippen molar-refractivity contribution in [1.29, 1.82) is 0 Å². The number of aryl methyl sites for hydroxylation is 1. The number of carbonyl (C=O) groups excluding carboxylic acids is 2. The highest BCUT2D eigenvalue weighted by molar-refractivity contribution is 5.93. The smallest absolute Gasteiger partial charge is 0.238 e. The topological polar surface area (TPSA) is 101 Å². The van der Waals surface area contributed by atoms with E-state index in [1.165, 1.54) is 0 Å². The Bertz CT molecular complexity index is 500. The first-order valence-electron chi connectivity index (χ1n) is 6.48. The fourth-order valence-corrected chi connectivity index (χ4v) is 1.82. The van der Waals surface area contributed by atoms with Gasteiger partial charge in [0.25, 0.3) is 0 Å². The SMILES string of the molecule is Cc1cc(N)ccc1NC(=O)CN(CC(N)=O)C(C)C. The van der Waals surface area contributed by atoms with Gasteiger partial charge in [0.05, 0.1) is 13.1 Å². The molecule has 0 aromatic heterocycles. The second-order valence-electron chi connectivity index (χ2n) is 5.09. The highest BCUT2D eigenvalue weighted by Gasteiger charge is 2.16. The number of rotatable bonds is 6. The summed E-state index contributed by atoms with van der Waals surface area (Å²) in [5, 5.41) is 2.81. The molecule has 0 aliphatic rings. The number of carbonyl (C=O) groups is 2. The molecule has 6 nitrogen and oxygen atoms in total. The van der Waals surface area contributed by atoms with Crippen LogP contribution in [0.1, 0.15) is 19.4 Å². The highest BCUT2D eigenvalue weighted by atomic mass is 16.2. The summed E-state index contributed by atoms with van der Waals surface area (Å²) < 4.78 is 0. The molecular formula is C14H22N4O2. The maximum Gasteiger partial charge on any atom is 0.238 e. The van der Waals surface area contributed by atoms with E-state index >= 15 is 0 Å². The Morgan fingerprint density at radius 3 is 2.45 bits per heavy atom. The molecule has 0 fully saturated rings. The molecule has 0 unspecified atom stereocenters. The van der Waals surface area contributed by atoms with Crippen LogP contribution in [0.25, 0.3) is 0 Å². The maximum absolute atomic E-state index is 12.0. The Morgan fingerprint density at radius 1 is 1.30 bits per heavy atom. The molecular weight excluding hydrogens is 256 g/mol. The third-order valence-corrected chi connectivity index (χ3v) is 2.96. The minimum atomic E-state index is -0.449. The van der Waals surface area contributed by atoms with Crippen LogP contribution < -0.4 is 16.8 Å². The Balaban J connectivity index is 2.68. The van der Waals surface area contributed by atoms with E-state index in [2.05, 4.69) is 5.32 Å². The van der Waals surface area contributed by atoms with Gasteiger partial charge in [-0.15, -0.1) is 0 Å². The van der Waals surface area contributed by atoms with Gasteiger partial charge in [-0.25, -0.2) is 0 Å². The van der Waals surface area contributed by atoms with Gasteiger partial charge in [-0.2, -0.15) is 0 Å². The standard InChI is InChI=1S/C14H22N4O2/c1-9(2)18(7-13(16)19)8-14(20)17-12-5-4-11(15)6-10(12)3/h4-6,9H,7-8,15H2,1-3H3,(H2,16,19)(H,17,20). The quantitative estimate of drug-likeness (QED) is 0.667. The van der Waals surface area contributed by atoms with Gasteiger partial charge in [-0.1, -0.05) is 0 Å². The lowest BCUT2D eigenvalue weighted by Gasteiger charge is -2.24. The van der Waals surface area contributed by atoms with Crippen molar-refractivity contribution in [2.75, 3.05) is 24.1 Å². The Labute approximate surface area is 119 Å². The Hall–Kier alpha value is -2.08. The largest absolute Gasteiger partial charge is 0.399 e. The second kappa shape index (κ2) is 6.91. The average molecular weight is 278 g/mol. The molecule has 0 radical (unpaired) electrons. The third kappa shape index (κ3) is 4.89. The van der Waals surface area contributed by atoms with Crippen LogP contribution >= 0.6 is 0 Å². The molecule has 1 rings (SSSR count). The molecule has 1 aromatic rings. The lowest BCUT2D eigenvalue weighted by molar-refractivity contribution is -0.121. The second-order valence-corrected chi connectivity index (χ2v) is 5.09. The van der Waals surface area contributed by atoms with Crippen LogP contribution in [-0.2, 0) is 9.59 Å². The summed E-state index contributed by atoms with van der Waals surface area (Å²) in [4.78, 5) is 24.7. The molecule has 110 valence electrons. The molecule has 0 saturated heterocycles. The summed E-state index contributed by atoms with van der Waals surface area (Å²) in [5.41, 5.74) is 13.1. The van der Waals surface area contributed by atoms with E-state index in [4.69, 9.17) is 11.5 Å². The number of primary amides is 1. The van der Waals surface area contributed by atoms with Gasteiger partial charge < -0.3 is 16.8 Å². The van der Waals surface area contributed by atoms with Gasteiger partial charge in [-0.05, 0) is 44.5 Å². The fourth-order valence-electron chi connectivity index (χ4n) is 1.82. The first-order chi connectivity index (χ1) is 9.29. The van der Waals surface area contributed by atoms with Crippen molar-refractivity contribution >= 4 is 23.2 Å². The van der Waals surface area contributed by atoms with Gasteiger partial charge >= 0.3 is 0 Å². The molecule has 0 atom stereocenters. The average Bonchev–Trinajstić information content (AvgIpc) is 2.31. The van der Waals surface area contributed by atoms with Gasteiger partial charge in [0, 0.05) is 17.4 Å². The minimum Gasteiger partial charge on any atom is -0.399 e. The minimum absolute atomic E-state index is 0.0563. The van der Waals surface area contributed by atoms with Crippen molar-refractivity contribution in [3.05, 3.63) is 23.8 Å². The molecule has 0 aliphatic carbocycles. The molecule has 2 amide bonds. The number of benzene rings is 1. The molecule has 0 heterocycles. The normalized spacial score (nSPS) is 10.8. The van der Waals surface area contributed by atoms with Crippen LogP contribution in [0.2, 0.25) is 0 Å². The molecule has 1 aromatic carbocycles. The molecule has 0 saturated carbocycles. The summed E-state index contributed by atoms with van der Waals surface area (Å²) in [7, 11) is 0. The molecule has 0 bridgehead atoms. The van der Waals surface area contributed by atoms with Crippen molar-refractivity contribution < 1.29 is 9.59 Å². The number of hydrogen-bond donors (Lipinski definition) is 3. The summed E-state index contributed by atoms with van der Waals surface area (Å²) in [5.74, 6) is -0.636. The lowest BCUT2D eigenvalue weighted by atomic mass is 10.2. The van der Waals surface area contributed by atoms with Gasteiger partial charge in [0.2, 0.25) is 11.8 Å². The monoisotopic (exact) mass is 278 g/mol. The molecule has 5 N–H and O–H groups in total. The van der Waals surface area contributed by atoms with E-state index in [-0.39, 0.29) is 25.0 Å². The van der Waals surface area contributed by atoms with Crippen LogP contribution in [0, 0.1) is 6.92 Å². The van der Waals surface area contributed by atoms with E-state index in [1.54, 1.807) is 23.1 Å². The van der Waals surface area contributed by atoms with Crippen LogP contribution in [0.4, 0.5) is 11.4 Å². The molecule has 20 heavy (non-hydrogen) atoms. The zero-order valence-electron chi connectivity index (χ0n) is 12.1. The number of nitrogens with zero attached hydrogens (tertiary/aromatic N) is 1. The fraction of sp³-hybridized carbons (Fsp3) is 0.429. The zero-order valence-corrected chi connectivity index (χ0v) is 12.1. The number of nitrogen functional groups attached to an aromatic ring is 1. The number of amides is 2. The van der Waals surface area contributed by atoms with E-state index in [0.29, 0.717) is 11.4 Å². The van der Waals surface area contributed by atoms with Crippen LogP contribution in [-0.4, -0.2) is 35.8 Å². The third-order valence-electron chi connectivity index (χ3n) is 2.96. The van der Waals surface area contributed by atoms with Crippen molar-refractivity contribution in [3.8, 4) is 0 Å². The summed E-state index contributed by atoms with van der Waals surface area (Å²) in [6, 6.07) is 5.34. The van der Waals surface area contributed by atoms with E-state index in [9.17, 15) is 9.59 Å². The van der Waals surface area contributed by atoms with Crippen molar-refractivity contribution in [3.63, 3.8) is 0 Å². The van der Waals surface area contributed by atoms with Crippen LogP contribution in [0.5, 0.6) is 0 Å². The van der Waals surface area contributed by atoms with Gasteiger partial charge in [-0.3, -0.25) is 14.5 Å². The highest BCUT2D eigenvalue weighted by Crippen LogP contribution is 2.17. The van der Waals surface area contributed by atoms with Crippen LogP contribution in [0.15, 0.2) is 18.2 Å². The predicted molar refractivity (Wildman–Crippen MR) is 80.1 cm³/mol. The zero-order chi connectivity index (χ0) is 15.3. The number of anilines is 2. The first-order valence-corrected chi connectivity index (χ1v) is 6.48. The van der Waals surface area contributed by atoms with Crippen molar-refractivity contribution in [2.45, 2.75) is 26.8 Å². The molecule has 6 heteroatoms. The number of nitrogens with one attached hydrogen (secondary N) is 1.